The molecule has 6 heterocycles. The first-order valence-corrected chi connectivity index (χ1v) is 17.6. The normalized spacial score (nSPS) is 54.7. The lowest BCUT2D eigenvalue weighted by Gasteiger charge is -2.49. The maximum absolute atomic E-state index is 11.1. The molecule has 6 aliphatic heterocycles. The SMILES string of the molecule is OC[C@H]1O[C@@H](O)[C@H](O)[C@@H](O)[C@@H]1O[C@H]1O[C@H](CO)[C@@H](O[C@H]2O[C@H](CO)[C@@H](O[C@H]3O[C@H](CO)[C@@H](O[C@H]4O[C@@H]5CO[C@H]([C@H]4O)[C@@H]5O)[C@H](O)[C@H]3O)[C@H](O)[C@H]2O)[C@H](O)[C@H]1O. The van der Waals surface area contributed by atoms with Gasteiger partial charge in [-0.1, -0.05) is 0 Å². The van der Waals surface area contributed by atoms with Crippen LogP contribution in [0.25, 0.3) is 0 Å². The Morgan fingerprint density at radius 3 is 1.05 bits per heavy atom. The third-order valence-corrected chi connectivity index (χ3v) is 10.6. The average Bonchev–Trinajstić information content (AvgIpc) is 3.45. The van der Waals surface area contributed by atoms with Crippen LogP contribution in [0.15, 0.2) is 0 Å². The molecule has 0 aliphatic carbocycles. The summed E-state index contributed by atoms with van der Waals surface area (Å²) in [6.07, 6.45) is -42.1. The molecule has 6 rings (SSSR count). The van der Waals surface area contributed by atoms with Gasteiger partial charge in [0.1, 0.15) is 122 Å². The first-order chi connectivity index (χ1) is 26.1. The Kier molecular flexibility index (Phi) is 14.3. The number of hydrogen-bond acceptors (Lipinski definition) is 25. The molecule has 0 unspecified atom stereocenters. The first kappa shape index (κ1) is 43.6. The van der Waals surface area contributed by atoms with E-state index in [0.29, 0.717) is 0 Å². The Labute approximate surface area is 310 Å². The molecule has 55 heavy (non-hydrogen) atoms. The zero-order valence-corrected chi connectivity index (χ0v) is 28.8. The summed E-state index contributed by atoms with van der Waals surface area (Å²) in [6, 6.07) is 0. The van der Waals surface area contributed by atoms with Crippen molar-refractivity contribution in [2.45, 2.75) is 154 Å². The van der Waals surface area contributed by atoms with Crippen LogP contribution in [0, 0.1) is 0 Å². The minimum atomic E-state index is -2.08. The van der Waals surface area contributed by atoms with Gasteiger partial charge in [-0.3, -0.25) is 0 Å². The summed E-state index contributed by atoms with van der Waals surface area (Å²) in [7, 11) is 0. The fraction of sp³-hybridized carbons (Fsp3) is 1.00. The van der Waals surface area contributed by atoms with Crippen LogP contribution in [-0.2, 0) is 47.4 Å². The lowest BCUT2D eigenvalue weighted by atomic mass is 9.95. The lowest BCUT2D eigenvalue weighted by Crippen LogP contribution is -2.67. The fourth-order valence-corrected chi connectivity index (χ4v) is 7.41. The highest BCUT2D eigenvalue weighted by Gasteiger charge is 2.57. The average molecular weight is 811 g/mol. The van der Waals surface area contributed by atoms with Crippen LogP contribution in [-0.4, -0.2) is 263 Å². The van der Waals surface area contributed by atoms with Gasteiger partial charge in [0, 0.05) is 0 Å². The van der Waals surface area contributed by atoms with Crippen LogP contribution in [0.3, 0.4) is 0 Å². The van der Waals surface area contributed by atoms with Crippen molar-refractivity contribution >= 4 is 0 Å². The van der Waals surface area contributed by atoms with Crippen LogP contribution in [0.1, 0.15) is 0 Å². The van der Waals surface area contributed by atoms with Crippen molar-refractivity contribution in [3.8, 4) is 0 Å². The van der Waals surface area contributed by atoms with Crippen LogP contribution < -0.4 is 0 Å². The van der Waals surface area contributed by atoms with Crippen molar-refractivity contribution in [1.82, 2.24) is 0 Å². The molecular formula is C30H50O25. The largest absolute Gasteiger partial charge is 0.394 e. The molecule has 25 atom stereocenters. The van der Waals surface area contributed by atoms with Gasteiger partial charge >= 0.3 is 0 Å². The topological polar surface area (TPSA) is 396 Å². The van der Waals surface area contributed by atoms with E-state index in [9.17, 15) is 76.6 Å². The number of ether oxygens (including phenoxy) is 10. The van der Waals surface area contributed by atoms with E-state index >= 15 is 0 Å². The van der Waals surface area contributed by atoms with Crippen molar-refractivity contribution < 1.29 is 124 Å². The Balaban J connectivity index is 1.08. The minimum absolute atomic E-state index is 0.0489. The molecule has 6 fully saturated rings. The molecule has 25 nitrogen and oxygen atoms in total. The van der Waals surface area contributed by atoms with Gasteiger partial charge in [-0.2, -0.15) is 0 Å². The summed E-state index contributed by atoms with van der Waals surface area (Å²) < 4.78 is 55.0. The second-order valence-corrected chi connectivity index (χ2v) is 14.1. The number of fused-ring (bicyclic) bond motifs is 2. The fourth-order valence-electron chi connectivity index (χ4n) is 7.41. The molecule has 320 valence electrons. The molecule has 6 aliphatic rings. The third-order valence-electron chi connectivity index (χ3n) is 10.6. The van der Waals surface area contributed by atoms with Crippen LogP contribution >= 0.6 is 0 Å². The molecule has 15 N–H and O–H groups in total. The number of aliphatic hydroxyl groups excluding tert-OH is 15. The van der Waals surface area contributed by atoms with Crippen molar-refractivity contribution in [2.75, 3.05) is 33.0 Å². The second kappa shape index (κ2) is 18.1. The molecule has 0 radical (unpaired) electrons. The van der Waals surface area contributed by atoms with Gasteiger partial charge in [0.15, 0.2) is 31.5 Å². The third kappa shape index (κ3) is 8.41. The van der Waals surface area contributed by atoms with Crippen molar-refractivity contribution in [1.29, 1.82) is 0 Å². The van der Waals surface area contributed by atoms with Gasteiger partial charge in [0.2, 0.25) is 0 Å². The summed E-state index contributed by atoms with van der Waals surface area (Å²) in [5.41, 5.74) is 0. The molecule has 2 bridgehead atoms. The Morgan fingerprint density at radius 1 is 0.364 bits per heavy atom. The number of aliphatic hydroxyl groups is 15. The molecule has 25 heteroatoms. The van der Waals surface area contributed by atoms with Gasteiger partial charge in [-0.05, 0) is 0 Å². The summed E-state index contributed by atoms with van der Waals surface area (Å²) in [4.78, 5) is 0. The standard InChI is InChI=1S/C30H50O25/c31-1-6-21(12(36)16(40)26(45)47-6)52-27-17(41)13(37)22(7(2-32)48-27)53-28-18(42)14(38)23(8(3-33)49-28)54-29-19(43)15(39)24(9(4-34)50-29)55-30-20(44)25-11(35)10(51-30)5-46-25/h6-45H,1-5H2/t6-,7-,8-,9-,10-,11-,12-,13-,14-,15-,16-,17-,18-,19-,20-,21-,22-,23-,24-,25+,26-,27-,28-,29-,30-/m1/s1. The monoisotopic (exact) mass is 810 g/mol. The van der Waals surface area contributed by atoms with E-state index in [1.165, 1.54) is 0 Å². The predicted molar refractivity (Wildman–Crippen MR) is 163 cm³/mol. The summed E-state index contributed by atoms with van der Waals surface area (Å²) in [6.45, 7) is -3.58. The van der Waals surface area contributed by atoms with E-state index < -0.39 is 180 Å². The highest BCUT2D eigenvalue weighted by Crippen LogP contribution is 2.36. The Morgan fingerprint density at radius 2 is 0.691 bits per heavy atom. The zero-order chi connectivity index (χ0) is 40.0. The number of hydrogen-bond donors (Lipinski definition) is 15. The molecule has 6 saturated heterocycles. The van der Waals surface area contributed by atoms with Crippen molar-refractivity contribution in [3.63, 3.8) is 0 Å². The maximum Gasteiger partial charge on any atom is 0.187 e. The summed E-state index contributed by atoms with van der Waals surface area (Å²) in [5, 5.41) is 157. The molecule has 0 spiro atoms. The molecule has 0 aromatic heterocycles. The quantitative estimate of drug-likeness (QED) is 0.0870. The van der Waals surface area contributed by atoms with E-state index in [-0.39, 0.29) is 6.61 Å². The van der Waals surface area contributed by atoms with Gasteiger partial charge in [-0.15, -0.1) is 0 Å². The predicted octanol–water partition coefficient (Wildman–Crippen LogP) is -10.9. The van der Waals surface area contributed by atoms with Crippen molar-refractivity contribution in [2.24, 2.45) is 0 Å². The Bertz CT molecular complexity index is 1220. The van der Waals surface area contributed by atoms with E-state index in [1.807, 2.05) is 0 Å². The van der Waals surface area contributed by atoms with Gasteiger partial charge in [0.05, 0.1) is 33.0 Å². The molecule has 0 saturated carbocycles. The van der Waals surface area contributed by atoms with E-state index in [4.69, 9.17) is 47.4 Å². The molecule has 0 aromatic carbocycles. The minimum Gasteiger partial charge on any atom is -0.394 e. The lowest BCUT2D eigenvalue weighted by molar-refractivity contribution is -0.391. The summed E-state index contributed by atoms with van der Waals surface area (Å²) >= 11 is 0. The van der Waals surface area contributed by atoms with E-state index in [1.54, 1.807) is 0 Å². The van der Waals surface area contributed by atoms with Gasteiger partial charge in [0.25, 0.3) is 0 Å². The smallest absolute Gasteiger partial charge is 0.187 e. The van der Waals surface area contributed by atoms with Crippen LogP contribution in [0.4, 0.5) is 0 Å². The zero-order valence-electron chi connectivity index (χ0n) is 28.8. The molecule has 0 amide bonds. The van der Waals surface area contributed by atoms with E-state index in [0.717, 1.165) is 0 Å². The highest BCUT2D eigenvalue weighted by atomic mass is 16.8. The number of rotatable bonds is 12. The highest BCUT2D eigenvalue weighted by molar-refractivity contribution is 5.00. The van der Waals surface area contributed by atoms with E-state index in [2.05, 4.69) is 0 Å². The Hall–Kier alpha value is -1.00. The van der Waals surface area contributed by atoms with Crippen molar-refractivity contribution in [3.05, 3.63) is 0 Å². The van der Waals surface area contributed by atoms with Crippen LogP contribution in [0.2, 0.25) is 0 Å². The van der Waals surface area contributed by atoms with Gasteiger partial charge in [-0.25, -0.2) is 0 Å². The maximum atomic E-state index is 11.1. The molecule has 0 aromatic rings. The molecular weight excluding hydrogens is 760 g/mol. The summed E-state index contributed by atoms with van der Waals surface area (Å²) in [5.74, 6) is 0. The van der Waals surface area contributed by atoms with Crippen LogP contribution in [0.5, 0.6) is 0 Å². The van der Waals surface area contributed by atoms with Gasteiger partial charge < -0.3 is 124 Å². The second-order valence-electron chi connectivity index (χ2n) is 14.1. The first-order valence-electron chi connectivity index (χ1n) is 17.6.